The van der Waals surface area contributed by atoms with Gasteiger partial charge in [-0.1, -0.05) is 42.5 Å². The lowest BCUT2D eigenvalue weighted by atomic mass is 10.1. The predicted molar refractivity (Wildman–Crippen MR) is 84.7 cm³/mol. The van der Waals surface area contributed by atoms with Crippen LogP contribution in [0.2, 0.25) is 0 Å². The first-order valence-electron chi connectivity index (χ1n) is 7.17. The molecule has 0 bridgehead atoms. The Labute approximate surface area is 126 Å². The zero-order chi connectivity index (χ0) is 15.1. The molecular weight excluding hydrogens is 262 g/mol. The van der Waals surface area contributed by atoms with Crippen molar-refractivity contribution in [1.82, 2.24) is 4.90 Å². The van der Waals surface area contributed by atoms with Crippen LogP contribution in [0.1, 0.15) is 22.8 Å². The van der Waals surface area contributed by atoms with E-state index in [9.17, 15) is 4.79 Å². The maximum Gasteiger partial charge on any atom is 0.176 e. The molecule has 0 unspecified atom stereocenters. The summed E-state index contributed by atoms with van der Waals surface area (Å²) in [5.74, 6) is 1.01. The molecule has 3 heteroatoms. The van der Waals surface area contributed by atoms with Gasteiger partial charge >= 0.3 is 0 Å². The number of carbonyl (C=O) groups is 1. The second kappa shape index (κ2) is 7.60. The molecular formula is C18H21NO2. The third-order valence-electron chi connectivity index (χ3n) is 3.17. The molecule has 3 nitrogen and oxygen atoms in total. The van der Waals surface area contributed by atoms with Crippen molar-refractivity contribution in [2.24, 2.45) is 0 Å². The Kier molecular flexibility index (Phi) is 5.52. The van der Waals surface area contributed by atoms with E-state index in [1.165, 1.54) is 0 Å². The maximum absolute atomic E-state index is 12.1. The van der Waals surface area contributed by atoms with E-state index in [2.05, 4.69) is 0 Å². The van der Waals surface area contributed by atoms with Gasteiger partial charge in [0.05, 0.1) is 13.2 Å². The lowest BCUT2D eigenvalue weighted by Crippen LogP contribution is -2.25. The molecule has 2 aromatic carbocycles. The molecule has 0 aliphatic heterocycles. The third kappa shape index (κ3) is 4.72. The molecule has 0 aliphatic carbocycles. The van der Waals surface area contributed by atoms with Gasteiger partial charge in [-0.3, -0.25) is 9.69 Å². The van der Waals surface area contributed by atoms with Gasteiger partial charge in [-0.15, -0.1) is 0 Å². The Morgan fingerprint density at radius 1 is 1.10 bits per heavy atom. The monoisotopic (exact) mass is 283 g/mol. The van der Waals surface area contributed by atoms with E-state index >= 15 is 0 Å². The molecule has 0 amide bonds. The van der Waals surface area contributed by atoms with E-state index in [0.717, 1.165) is 23.4 Å². The summed E-state index contributed by atoms with van der Waals surface area (Å²) in [6.45, 7) is 3.76. The van der Waals surface area contributed by atoms with E-state index in [4.69, 9.17) is 4.74 Å². The second-order valence-electron chi connectivity index (χ2n) is 5.04. The summed E-state index contributed by atoms with van der Waals surface area (Å²) < 4.78 is 5.49. The van der Waals surface area contributed by atoms with Gasteiger partial charge in [-0.05, 0) is 31.7 Å². The number of hydrogen-bond acceptors (Lipinski definition) is 3. The van der Waals surface area contributed by atoms with Crippen LogP contribution in [0.25, 0.3) is 0 Å². The topological polar surface area (TPSA) is 29.5 Å². The van der Waals surface area contributed by atoms with Crippen LogP contribution in [-0.2, 0) is 6.54 Å². The van der Waals surface area contributed by atoms with Crippen LogP contribution >= 0.6 is 0 Å². The van der Waals surface area contributed by atoms with Crippen molar-refractivity contribution in [3.05, 3.63) is 65.7 Å². The molecule has 0 atom stereocenters. The Morgan fingerprint density at radius 3 is 2.57 bits per heavy atom. The second-order valence-corrected chi connectivity index (χ2v) is 5.04. The van der Waals surface area contributed by atoms with E-state index in [1.54, 1.807) is 0 Å². The van der Waals surface area contributed by atoms with Crippen LogP contribution in [0, 0.1) is 0 Å². The van der Waals surface area contributed by atoms with Gasteiger partial charge in [0.25, 0.3) is 0 Å². The lowest BCUT2D eigenvalue weighted by molar-refractivity contribution is 0.0943. The fraction of sp³-hybridized carbons (Fsp3) is 0.278. The first-order valence-corrected chi connectivity index (χ1v) is 7.17. The highest BCUT2D eigenvalue weighted by Crippen LogP contribution is 2.14. The number of Topliss-reactive ketones (excluding diaryl/α,β-unsaturated/α-hetero) is 1. The van der Waals surface area contributed by atoms with Crippen molar-refractivity contribution in [1.29, 1.82) is 0 Å². The van der Waals surface area contributed by atoms with Crippen molar-refractivity contribution in [3.63, 3.8) is 0 Å². The number of ketones is 1. The average Bonchev–Trinajstić information content (AvgIpc) is 2.48. The number of carbonyl (C=O) groups excluding carboxylic acids is 1. The number of rotatable bonds is 7. The first-order chi connectivity index (χ1) is 10.2. The van der Waals surface area contributed by atoms with Gasteiger partial charge in [0.1, 0.15) is 5.75 Å². The zero-order valence-corrected chi connectivity index (χ0v) is 12.6. The minimum atomic E-state index is 0.138. The molecule has 0 spiro atoms. The number of ether oxygens (including phenoxy) is 1. The largest absolute Gasteiger partial charge is 0.494 e. The third-order valence-corrected chi connectivity index (χ3v) is 3.17. The maximum atomic E-state index is 12.1. The fourth-order valence-corrected chi connectivity index (χ4v) is 2.23. The van der Waals surface area contributed by atoms with E-state index < -0.39 is 0 Å². The molecule has 2 rings (SSSR count). The van der Waals surface area contributed by atoms with Crippen LogP contribution in [-0.4, -0.2) is 30.9 Å². The molecule has 110 valence electrons. The predicted octanol–water partition coefficient (Wildman–Crippen LogP) is 3.40. The standard InChI is InChI=1S/C18H21NO2/c1-3-21-17-11-7-8-15(12-17)13-19(2)14-18(20)16-9-5-4-6-10-16/h4-12H,3,13-14H2,1-2H3. The minimum Gasteiger partial charge on any atom is -0.494 e. The van der Waals surface area contributed by atoms with E-state index in [0.29, 0.717) is 13.2 Å². The SMILES string of the molecule is CCOc1cccc(CN(C)CC(=O)c2ccccc2)c1. The molecule has 0 heterocycles. The molecule has 0 saturated heterocycles. The van der Waals surface area contributed by atoms with Gasteiger partial charge in [0.15, 0.2) is 5.78 Å². The van der Waals surface area contributed by atoms with Crippen LogP contribution in [0.3, 0.4) is 0 Å². The van der Waals surface area contributed by atoms with Gasteiger partial charge in [-0.25, -0.2) is 0 Å². The summed E-state index contributed by atoms with van der Waals surface area (Å²) in [7, 11) is 1.95. The summed E-state index contributed by atoms with van der Waals surface area (Å²) in [5.41, 5.74) is 1.90. The molecule has 0 saturated carbocycles. The van der Waals surface area contributed by atoms with Crippen molar-refractivity contribution in [2.75, 3.05) is 20.2 Å². The van der Waals surface area contributed by atoms with Crippen LogP contribution in [0.15, 0.2) is 54.6 Å². The minimum absolute atomic E-state index is 0.138. The van der Waals surface area contributed by atoms with Crippen molar-refractivity contribution >= 4 is 5.78 Å². The Morgan fingerprint density at radius 2 is 1.86 bits per heavy atom. The number of benzene rings is 2. The molecule has 0 radical (unpaired) electrons. The molecule has 0 aromatic heterocycles. The van der Waals surface area contributed by atoms with Crippen molar-refractivity contribution in [3.8, 4) is 5.75 Å². The summed E-state index contributed by atoms with van der Waals surface area (Å²) in [6.07, 6.45) is 0. The van der Waals surface area contributed by atoms with Crippen LogP contribution in [0.4, 0.5) is 0 Å². The van der Waals surface area contributed by atoms with E-state index in [-0.39, 0.29) is 5.78 Å². The fourth-order valence-electron chi connectivity index (χ4n) is 2.23. The Bertz CT molecular complexity index is 581. The van der Waals surface area contributed by atoms with Crippen molar-refractivity contribution in [2.45, 2.75) is 13.5 Å². The van der Waals surface area contributed by atoms with Crippen LogP contribution in [0.5, 0.6) is 5.75 Å². The van der Waals surface area contributed by atoms with Crippen LogP contribution < -0.4 is 4.74 Å². The first kappa shape index (κ1) is 15.3. The molecule has 2 aromatic rings. The van der Waals surface area contributed by atoms with Crippen molar-refractivity contribution < 1.29 is 9.53 Å². The smallest absolute Gasteiger partial charge is 0.176 e. The highest BCUT2D eigenvalue weighted by Gasteiger charge is 2.09. The van der Waals surface area contributed by atoms with Gasteiger partial charge in [0, 0.05) is 12.1 Å². The molecule has 0 aliphatic rings. The summed E-state index contributed by atoms with van der Waals surface area (Å²) in [5, 5.41) is 0. The number of likely N-dealkylation sites (N-methyl/N-ethyl adjacent to an activating group) is 1. The highest BCUT2D eigenvalue weighted by atomic mass is 16.5. The molecule has 0 fully saturated rings. The Balaban J connectivity index is 1.94. The van der Waals surface area contributed by atoms with Gasteiger partial charge in [-0.2, -0.15) is 0 Å². The number of nitrogens with zero attached hydrogens (tertiary/aromatic N) is 1. The summed E-state index contributed by atoms with van der Waals surface area (Å²) >= 11 is 0. The van der Waals surface area contributed by atoms with Gasteiger partial charge < -0.3 is 4.74 Å². The molecule has 0 N–H and O–H groups in total. The van der Waals surface area contributed by atoms with E-state index in [1.807, 2.05) is 73.5 Å². The normalized spacial score (nSPS) is 10.6. The average molecular weight is 283 g/mol. The summed E-state index contributed by atoms with van der Waals surface area (Å²) in [4.78, 5) is 14.2. The number of hydrogen-bond donors (Lipinski definition) is 0. The molecule has 21 heavy (non-hydrogen) atoms. The highest BCUT2D eigenvalue weighted by molar-refractivity contribution is 5.97. The lowest BCUT2D eigenvalue weighted by Gasteiger charge is -2.16. The van der Waals surface area contributed by atoms with Gasteiger partial charge in [0.2, 0.25) is 0 Å². The summed E-state index contributed by atoms with van der Waals surface area (Å²) in [6, 6.07) is 17.4. The quantitative estimate of drug-likeness (QED) is 0.729. The zero-order valence-electron chi connectivity index (χ0n) is 12.6. The Hall–Kier alpha value is -2.13.